The maximum Gasteiger partial charge on any atom is 0.407 e. The van der Waals surface area contributed by atoms with Crippen molar-refractivity contribution in [2.45, 2.75) is 115 Å². The Morgan fingerprint density at radius 3 is 2.36 bits per heavy atom. The molecule has 2 aliphatic rings. The number of nitrogens with zero attached hydrogens (tertiary/aromatic N) is 1. The van der Waals surface area contributed by atoms with Crippen molar-refractivity contribution in [2.24, 2.45) is 5.92 Å². The summed E-state index contributed by atoms with van der Waals surface area (Å²) < 4.78 is 24.1. The van der Waals surface area contributed by atoms with Crippen molar-refractivity contribution >= 4 is 37.4 Å². The van der Waals surface area contributed by atoms with Gasteiger partial charge in [0.05, 0.1) is 0 Å². The molecule has 14 nitrogen and oxygen atoms in total. The van der Waals surface area contributed by atoms with Crippen molar-refractivity contribution < 1.29 is 47.8 Å². The van der Waals surface area contributed by atoms with E-state index in [-0.39, 0.29) is 50.8 Å². The zero-order chi connectivity index (χ0) is 34.4. The number of hydrogen-bond donors (Lipinski definition) is 5. The highest BCUT2D eigenvalue weighted by Crippen LogP contribution is 2.49. The molecule has 0 aromatic heterocycles. The lowest BCUT2D eigenvalue weighted by atomic mass is 9.84. The first-order valence-electron chi connectivity index (χ1n) is 16.5. The van der Waals surface area contributed by atoms with Gasteiger partial charge in [-0.25, -0.2) is 9.59 Å². The molecular formula is C32H49N4O10P. The van der Waals surface area contributed by atoms with Gasteiger partial charge >= 0.3 is 19.7 Å². The van der Waals surface area contributed by atoms with Crippen LogP contribution < -0.4 is 16.0 Å². The van der Waals surface area contributed by atoms with Crippen molar-refractivity contribution in [3.05, 3.63) is 35.9 Å². The molecule has 1 saturated carbocycles. The lowest BCUT2D eigenvalue weighted by Crippen LogP contribution is -2.51. The van der Waals surface area contributed by atoms with Gasteiger partial charge in [-0.1, -0.05) is 56.5 Å². The van der Waals surface area contributed by atoms with Crippen LogP contribution in [0.3, 0.4) is 0 Å². The molecule has 1 heterocycles. The van der Waals surface area contributed by atoms with Crippen molar-refractivity contribution in [3.63, 3.8) is 0 Å². The number of hydrogen-bond acceptors (Lipinski definition) is 8. The van der Waals surface area contributed by atoms with Gasteiger partial charge in [-0.05, 0) is 63.9 Å². The number of benzene rings is 1. The maximum absolute atomic E-state index is 13.5. The number of carboxylic acid groups (broad SMARTS) is 1. The first-order chi connectivity index (χ1) is 22.4. The molecule has 2 fully saturated rings. The smallest absolute Gasteiger partial charge is 0.407 e. The Morgan fingerprint density at radius 2 is 1.72 bits per heavy atom. The van der Waals surface area contributed by atoms with Crippen molar-refractivity contribution in [3.8, 4) is 0 Å². The molecule has 0 spiro atoms. The van der Waals surface area contributed by atoms with Gasteiger partial charge in [0.1, 0.15) is 30.6 Å². The first-order valence-corrected chi connectivity index (χ1v) is 18.2. The number of rotatable bonds is 19. The summed E-state index contributed by atoms with van der Waals surface area (Å²) in [6, 6.07) is 7.22. The number of carbonyl (C=O) groups excluding carboxylic acids is 4. The van der Waals surface area contributed by atoms with E-state index in [1.165, 1.54) is 6.92 Å². The molecule has 47 heavy (non-hydrogen) atoms. The van der Waals surface area contributed by atoms with Crippen LogP contribution in [0.5, 0.6) is 0 Å². The van der Waals surface area contributed by atoms with Crippen LogP contribution in [0.25, 0.3) is 0 Å². The van der Waals surface area contributed by atoms with Crippen molar-refractivity contribution in [1.82, 2.24) is 20.9 Å². The highest BCUT2D eigenvalue weighted by molar-refractivity contribution is 7.53. The molecule has 1 aromatic carbocycles. The van der Waals surface area contributed by atoms with Crippen LogP contribution in [0.1, 0.15) is 90.0 Å². The Kier molecular flexibility index (Phi) is 15.2. The number of ether oxygens (including phenoxy) is 1. The second-order valence-electron chi connectivity index (χ2n) is 12.2. The number of alkyl carbamates (subject to hydrolysis) is 1. The summed E-state index contributed by atoms with van der Waals surface area (Å²) in [6.45, 7) is 3.77. The van der Waals surface area contributed by atoms with Crippen molar-refractivity contribution in [2.75, 3.05) is 13.1 Å². The fourth-order valence-corrected chi connectivity index (χ4v) is 7.00. The predicted molar refractivity (Wildman–Crippen MR) is 172 cm³/mol. The molecule has 5 N–H and O–H groups in total. The van der Waals surface area contributed by atoms with E-state index in [0.717, 1.165) is 29.7 Å². The number of aliphatic carboxylic acids is 1. The molecule has 0 radical (unpaired) electrons. The van der Waals surface area contributed by atoms with E-state index in [2.05, 4.69) is 16.0 Å². The molecule has 1 aliphatic carbocycles. The average molecular weight is 681 g/mol. The molecule has 3 rings (SSSR count). The Morgan fingerprint density at radius 1 is 1.00 bits per heavy atom. The van der Waals surface area contributed by atoms with Crippen LogP contribution in [0.2, 0.25) is 0 Å². The Bertz CT molecular complexity index is 1260. The largest absolute Gasteiger partial charge is 0.480 e. The molecule has 5 atom stereocenters. The third-order valence-corrected chi connectivity index (χ3v) is 10.3. The highest BCUT2D eigenvalue weighted by atomic mass is 31.2. The average Bonchev–Trinajstić information content (AvgIpc) is 3.50. The predicted octanol–water partition coefficient (Wildman–Crippen LogP) is 3.67. The highest BCUT2D eigenvalue weighted by Gasteiger charge is 2.42. The standard InChI is InChI=1S/C32H49N4O10P/c1-3-4-18-27(47(43,44)46-22(2)30(39)36-20-11-17-26(36)31(40)41)35-29(38)25(34-28(37)24-14-10-15-24)16-8-9-19-33-32(42)45-21-23-12-6-5-7-13-23/h5-7,12-13,22,24-27H,3-4,8-11,14-21H2,1-2H3,(H,33,42)(H,34,37)(H,35,38)(H,40,41)(H,43,44)/t22?,25-,26-,27-/m0/s1. The number of amides is 4. The van der Waals surface area contributed by atoms with Crippen LogP contribution >= 0.6 is 7.60 Å². The van der Waals surface area contributed by atoms with Gasteiger partial charge in [0.15, 0.2) is 0 Å². The van der Waals surface area contributed by atoms with Crippen molar-refractivity contribution in [1.29, 1.82) is 0 Å². The second kappa shape index (κ2) is 18.8. The van der Waals surface area contributed by atoms with E-state index in [1.807, 2.05) is 37.3 Å². The Balaban J connectivity index is 1.58. The fraction of sp³-hybridized carbons (Fsp3) is 0.656. The van der Waals surface area contributed by atoms with Gasteiger partial charge in [0.25, 0.3) is 5.91 Å². The zero-order valence-electron chi connectivity index (χ0n) is 27.2. The van der Waals surface area contributed by atoms with E-state index in [0.29, 0.717) is 32.1 Å². The van der Waals surface area contributed by atoms with Crippen LogP contribution in [0.4, 0.5) is 4.79 Å². The normalized spacial score (nSPS) is 19.4. The summed E-state index contributed by atoms with van der Waals surface area (Å²) in [5.74, 6) is -4.34. The third-order valence-electron chi connectivity index (χ3n) is 8.52. The SMILES string of the molecule is CCCC[C@@H](NC(=O)[C@H](CCCCNC(=O)OCc1ccccc1)NC(=O)C1CCC1)P(=O)(O)OC(C)C(=O)N1CCC[C@H]1C(=O)O. The topological polar surface area (TPSA) is 201 Å². The molecular weight excluding hydrogens is 631 g/mol. The van der Waals surface area contributed by atoms with E-state index in [1.54, 1.807) is 0 Å². The van der Waals surface area contributed by atoms with E-state index in [9.17, 15) is 38.5 Å². The zero-order valence-corrected chi connectivity index (χ0v) is 28.1. The minimum absolute atomic E-state index is 0.0801. The number of carboxylic acids is 1. The van der Waals surface area contributed by atoms with Gasteiger partial charge in [0, 0.05) is 19.0 Å². The summed E-state index contributed by atoms with van der Waals surface area (Å²) in [6.07, 6.45) is 3.48. The molecule has 262 valence electrons. The monoisotopic (exact) mass is 680 g/mol. The fourth-order valence-electron chi connectivity index (χ4n) is 5.51. The number of likely N-dealkylation sites (tertiary alicyclic amines) is 1. The summed E-state index contributed by atoms with van der Waals surface area (Å²) in [4.78, 5) is 75.0. The van der Waals surface area contributed by atoms with Crippen LogP contribution in [-0.2, 0) is 39.6 Å². The van der Waals surface area contributed by atoms with Gasteiger partial charge < -0.3 is 35.6 Å². The quantitative estimate of drug-likeness (QED) is 0.106. The lowest BCUT2D eigenvalue weighted by molar-refractivity contribution is -0.151. The Hall–Kier alpha value is -3.48. The van der Waals surface area contributed by atoms with Gasteiger partial charge in [-0.15, -0.1) is 0 Å². The van der Waals surface area contributed by atoms with Gasteiger partial charge in [-0.2, -0.15) is 0 Å². The molecule has 2 unspecified atom stereocenters. The van der Waals surface area contributed by atoms with Gasteiger partial charge in [0.2, 0.25) is 11.8 Å². The van der Waals surface area contributed by atoms with E-state index >= 15 is 0 Å². The third kappa shape index (κ3) is 11.9. The maximum atomic E-state index is 13.5. The van der Waals surface area contributed by atoms with Crippen LogP contribution in [-0.4, -0.2) is 81.7 Å². The second-order valence-corrected chi connectivity index (χ2v) is 14.1. The minimum atomic E-state index is -4.65. The first kappa shape index (κ1) is 38.0. The van der Waals surface area contributed by atoms with E-state index < -0.39 is 55.4 Å². The number of carbonyl (C=O) groups is 5. The van der Waals surface area contributed by atoms with Crippen LogP contribution in [0.15, 0.2) is 30.3 Å². The summed E-state index contributed by atoms with van der Waals surface area (Å²) >= 11 is 0. The minimum Gasteiger partial charge on any atom is -0.480 e. The van der Waals surface area contributed by atoms with Gasteiger partial charge in [-0.3, -0.25) is 23.5 Å². The lowest BCUT2D eigenvalue weighted by Gasteiger charge is -2.31. The summed E-state index contributed by atoms with van der Waals surface area (Å²) in [5.41, 5.74) is 0.855. The molecule has 1 saturated heterocycles. The van der Waals surface area contributed by atoms with Crippen LogP contribution in [0, 0.1) is 5.92 Å². The summed E-state index contributed by atoms with van der Waals surface area (Å²) in [7, 11) is -4.65. The number of nitrogens with one attached hydrogen (secondary N) is 3. The molecule has 0 bridgehead atoms. The number of unbranched alkanes of at least 4 members (excludes halogenated alkanes) is 2. The molecule has 4 amide bonds. The Labute approximate surface area is 275 Å². The summed E-state index contributed by atoms with van der Waals surface area (Å²) in [5, 5.41) is 17.5. The molecule has 1 aliphatic heterocycles. The molecule has 1 aromatic rings. The molecule has 15 heteroatoms. The van der Waals surface area contributed by atoms with E-state index in [4.69, 9.17) is 9.26 Å².